The third-order valence-corrected chi connectivity index (χ3v) is 8.70. The topological polar surface area (TPSA) is 80.9 Å². The SMILES string of the molecule is CC(CCC1C(C)C(O)C(O)=CC1(C)C)CC(C)(C)C.CC1=C(/C=C/C(C)=C/C(C)(C)C)C(C)(C)CC(O)C1O. The number of hydrogen-bond donors (Lipinski definition) is 4. The van der Waals surface area contributed by atoms with E-state index >= 15 is 0 Å². The van der Waals surface area contributed by atoms with E-state index in [4.69, 9.17) is 0 Å². The quantitative estimate of drug-likeness (QED) is 0.244. The zero-order valence-corrected chi connectivity index (χ0v) is 28.4. The Morgan fingerprint density at radius 3 is 2.08 bits per heavy atom. The van der Waals surface area contributed by atoms with Gasteiger partial charge in [0.2, 0.25) is 0 Å². The Morgan fingerprint density at radius 1 is 1.02 bits per heavy atom. The zero-order chi connectivity index (χ0) is 31.4. The Balaban J connectivity index is 0.000000400. The summed E-state index contributed by atoms with van der Waals surface area (Å²) in [7, 11) is 0. The van der Waals surface area contributed by atoms with Crippen LogP contribution in [-0.4, -0.2) is 38.7 Å². The van der Waals surface area contributed by atoms with Gasteiger partial charge < -0.3 is 20.4 Å². The van der Waals surface area contributed by atoms with E-state index in [1.807, 2.05) is 13.0 Å². The highest BCUT2D eigenvalue weighted by molar-refractivity contribution is 5.38. The Hall–Kier alpha value is -1.36. The first-order valence-corrected chi connectivity index (χ1v) is 15.4. The molecule has 6 unspecified atom stereocenters. The Labute approximate surface area is 247 Å². The van der Waals surface area contributed by atoms with Crippen molar-refractivity contribution in [1.82, 2.24) is 0 Å². The first-order valence-electron chi connectivity index (χ1n) is 15.4. The molecule has 0 radical (unpaired) electrons. The minimum atomic E-state index is -0.741. The van der Waals surface area contributed by atoms with Gasteiger partial charge in [-0.05, 0) is 89.7 Å². The summed E-state index contributed by atoms with van der Waals surface area (Å²) in [6.45, 7) is 30.4. The van der Waals surface area contributed by atoms with E-state index in [-0.39, 0.29) is 27.9 Å². The van der Waals surface area contributed by atoms with Crippen molar-refractivity contribution in [3.8, 4) is 0 Å². The first-order chi connectivity index (χ1) is 17.9. The molecule has 0 spiro atoms. The average molecular weight is 561 g/mol. The molecule has 0 bridgehead atoms. The summed E-state index contributed by atoms with van der Waals surface area (Å²) in [5.41, 5.74) is 3.63. The highest BCUT2D eigenvalue weighted by Crippen LogP contribution is 2.45. The standard InChI is InChI=1S/C18H34O2.C18H30O2/c2*1-12(10-17(3,4)5)8-9-14-13(2)16(20)15(19)11-18(14,6)7/h11-14,16,19-20H,8-10H2,1-7H3;8-10,15-16,19-20H,11H2,1-7H3/b;9-8+,12-10+. The predicted octanol–water partition coefficient (Wildman–Crippen LogP) is 8.94. The lowest BCUT2D eigenvalue weighted by Gasteiger charge is -2.43. The maximum atomic E-state index is 10.1. The second-order valence-electron chi connectivity index (χ2n) is 16.5. The predicted molar refractivity (Wildman–Crippen MR) is 171 cm³/mol. The molecule has 4 N–H and O–H groups in total. The lowest BCUT2D eigenvalue weighted by atomic mass is 9.64. The van der Waals surface area contributed by atoms with Gasteiger partial charge in [0, 0.05) is 0 Å². The molecule has 40 heavy (non-hydrogen) atoms. The minimum Gasteiger partial charge on any atom is -0.510 e. The van der Waals surface area contributed by atoms with Gasteiger partial charge in [-0.1, -0.05) is 113 Å². The maximum Gasteiger partial charge on any atom is 0.118 e. The van der Waals surface area contributed by atoms with Crippen LogP contribution in [0.2, 0.25) is 0 Å². The first kappa shape index (κ1) is 36.7. The summed E-state index contributed by atoms with van der Waals surface area (Å²) in [6.07, 6.45) is 10.3. The molecular formula is C36H64O4. The van der Waals surface area contributed by atoms with E-state index in [2.05, 4.69) is 108 Å². The van der Waals surface area contributed by atoms with Crippen LogP contribution >= 0.6 is 0 Å². The van der Waals surface area contributed by atoms with Crippen LogP contribution in [-0.2, 0) is 0 Å². The molecule has 2 aliphatic rings. The number of aliphatic hydroxyl groups excluding tert-OH is 4. The Kier molecular flexibility index (Phi) is 12.6. The van der Waals surface area contributed by atoms with Crippen LogP contribution in [0.15, 0.2) is 46.8 Å². The average Bonchev–Trinajstić information content (AvgIpc) is 2.73. The molecule has 0 aromatic carbocycles. The van der Waals surface area contributed by atoms with Crippen LogP contribution in [0, 0.1) is 39.4 Å². The van der Waals surface area contributed by atoms with Crippen molar-refractivity contribution >= 4 is 0 Å². The van der Waals surface area contributed by atoms with E-state index in [0.717, 1.165) is 17.6 Å². The molecule has 232 valence electrons. The van der Waals surface area contributed by atoms with Crippen LogP contribution in [0.1, 0.15) is 123 Å². The molecule has 0 aromatic heterocycles. The molecule has 0 saturated heterocycles. The monoisotopic (exact) mass is 560 g/mol. The van der Waals surface area contributed by atoms with Crippen molar-refractivity contribution in [2.45, 2.75) is 141 Å². The van der Waals surface area contributed by atoms with Gasteiger partial charge in [0.25, 0.3) is 0 Å². The molecule has 4 nitrogen and oxygen atoms in total. The number of aliphatic hydroxyl groups is 4. The molecule has 0 amide bonds. The van der Waals surface area contributed by atoms with Gasteiger partial charge in [0.15, 0.2) is 0 Å². The van der Waals surface area contributed by atoms with Gasteiger partial charge >= 0.3 is 0 Å². The normalized spacial score (nSPS) is 30.1. The van der Waals surface area contributed by atoms with Gasteiger partial charge in [-0.3, -0.25) is 0 Å². The fourth-order valence-corrected chi connectivity index (χ4v) is 7.02. The summed E-state index contributed by atoms with van der Waals surface area (Å²) >= 11 is 0. The molecule has 2 aliphatic carbocycles. The van der Waals surface area contributed by atoms with Crippen LogP contribution < -0.4 is 0 Å². The molecule has 2 rings (SSSR count). The minimum absolute atomic E-state index is 0.0375. The van der Waals surface area contributed by atoms with Crippen LogP contribution in [0.4, 0.5) is 0 Å². The van der Waals surface area contributed by atoms with Crippen LogP contribution in [0.3, 0.4) is 0 Å². The Bertz CT molecular complexity index is 948. The largest absolute Gasteiger partial charge is 0.510 e. The van der Waals surface area contributed by atoms with Gasteiger partial charge in [-0.2, -0.15) is 0 Å². The maximum absolute atomic E-state index is 10.1. The van der Waals surface area contributed by atoms with E-state index in [9.17, 15) is 20.4 Å². The highest BCUT2D eigenvalue weighted by atomic mass is 16.3. The smallest absolute Gasteiger partial charge is 0.118 e. The third kappa shape index (κ3) is 11.1. The van der Waals surface area contributed by atoms with Gasteiger partial charge in [-0.15, -0.1) is 0 Å². The summed E-state index contributed by atoms with van der Waals surface area (Å²) < 4.78 is 0. The molecule has 0 fully saturated rings. The molecule has 0 heterocycles. The van der Waals surface area contributed by atoms with E-state index in [1.54, 1.807) is 0 Å². The number of allylic oxidation sites excluding steroid dienone is 6. The van der Waals surface area contributed by atoms with Gasteiger partial charge in [-0.25, -0.2) is 0 Å². The number of rotatable bonds is 6. The summed E-state index contributed by atoms with van der Waals surface area (Å²) in [5.74, 6) is 1.41. The van der Waals surface area contributed by atoms with Crippen molar-refractivity contribution in [1.29, 1.82) is 0 Å². The molecule has 4 heteroatoms. The second kappa shape index (κ2) is 13.7. The van der Waals surface area contributed by atoms with Crippen LogP contribution in [0.25, 0.3) is 0 Å². The van der Waals surface area contributed by atoms with Crippen LogP contribution in [0.5, 0.6) is 0 Å². The van der Waals surface area contributed by atoms with Gasteiger partial charge in [0.1, 0.15) is 18.0 Å². The van der Waals surface area contributed by atoms with Crippen molar-refractivity contribution < 1.29 is 20.4 Å². The van der Waals surface area contributed by atoms with Crippen molar-refractivity contribution in [2.75, 3.05) is 0 Å². The number of hydrogen-bond acceptors (Lipinski definition) is 4. The molecule has 6 atom stereocenters. The van der Waals surface area contributed by atoms with E-state index in [1.165, 1.54) is 18.4 Å². The van der Waals surface area contributed by atoms with Crippen molar-refractivity contribution in [2.24, 2.45) is 39.4 Å². The van der Waals surface area contributed by atoms with Gasteiger partial charge in [0.05, 0.1) is 6.10 Å². The lowest BCUT2D eigenvalue weighted by Crippen LogP contribution is -2.40. The molecule has 0 saturated carbocycles. The van der Waals surface area contributed by atoms with E-state index < -0.39 is 18.3 Å². The summed E-state index contributed by atoms with van der Waals surface area (Å²) in [5, 5.41) is 39.9. The van der Waals surface area contributed by atoms with E-state index in [0.29, 0.717) is 23.7 Å². The van der Waals surface area contributed by atoms with Crippen molar-refractivity contribution in [3.05, 3.63) is 46.8 Å². The zero-order valence-electron chi connectivity index (χ0n) is 28.4. The molecule has 0 aromatic rings. The second-order valence-corrected chi connectivity index (χ2v) is 16.5. The third-order valence-electron chi connectivity index (χ3n) is 8.70. The lowest BCUT2D eigenvalue weighted by molar-refractivity contribution is 0.00686. The highest BCUT2D eigenvalue weighted by Gasteiger charge is 2.41. The molecule has 0 aliphatic heterocycles. The summed E-state index contributed by atoms with van der Waals surface area (Å²) in [4.78, 5) is 0. The Morgan fingerprint density at radius 2 is 1.57 bits per heavy atom. The fraction of sp³-hybridized carbons (Fsp3) is 0.778. The summed E-state index contributed by atoms with van der Waals surface area (Å²) in [6, 6.07) is 0. The fourth-order valence-electron chi connectivity index (χ4n) is 7.02. The van der Waals surface area contributed by atoms with Crippen molar-refractivity contribution in [3.63, 3.8) is 0 Å². The molecular weight excluding hydrogens is 496 g/mol.